The van der Waals surface area contributed by atoms with Crippen molar-refractivity contribution >= 4 is 11.9 Å². The van der Waals surface area contributed by atoms with Gasteiger partial charge in [0.05, 0.1) is 25.3 Å². The molecule has 1 unspecified atom stereocenters. The Balaban J connectivity index is 2.60. The van der Waals surface area contributed by atoms with E-state index in [9.17, 15) is 9.59 Å². The predicted molar refractivity (Wildman–Crippen MR) is 58.4 cm³/mol. The minimum absolute atomic E-state index is 0.169. The number of furan rings is 1. The second-order valence-electron chi connectivity index (χ2n) is 3.88. The minimum atomic E-state index is -0.992. The van der Waals surface area contributed by atoms with Crippen molar-refractivity contribution in [1.29, 1.82) is 0 Å². The summed E-state index contributed by atoms with van der Waals surface area (Å²) >= 11 is 0. The average molecular weight is 241 g/mol. The molecule has 0 aliphatic carbocycles. The lowest BCUT2D eigenvalue weighted by Gasteiger charge is -2.20. The smallest absolute Gasteiger partial charge is 0.317 e. The SMILES string of the molecule is CC(CN(CC(=O)O)Cc1ccco1)C(=O)O. The monoisotopic (exact) mass is 241 g/mol. The van der Waals surface area contributed by atoms with Gasteiger partial charge in [0.2, 0.25) is 0 Å². The fourth-order valence-corrected chi connectivity index (χ4v) is 1.46. The van der Waals surface area contributed by atoms with Crippen LogP contribution in [-0.2, 0) is 16.1 Å². The molecule has 0 aliphatic rings. The molecule has 0 bridgehead atoms. The summed E-state index contributed by atoms with van der Waals surface area (Å²) < 4.78 is 5.11. The van der Waals surface area contributed by atoms with Gasteiger partial charge in [0.25, 0.3) is 0 Å². The zero-order valence-electron chi connectivity index (χ0n) is 9.50. The molecule has 0 saturated heterocycles. The molecule has 0 radical (unpaired) electrons. The number of nitrogens with zero attached hydrogens (tertiary/aromatic N) is 1. The van der Waals surface area contributed by atoms with Gasteiger partial charge >= 0.3 is 11.9 Å². The van der Waals surface area contributed by atoms with Crippen LogP contribution in [0.3, 0.4) is 0 Å². The Hall–Kier alpha value is -1.82. The van der Waals surface area contributed by atoms with Crippen LogP contribution >= 0.6 is 0 Å². The molecule has 17 heavy (non-hydrogen) atoms. The second-order valence-corrected chi connectivity index (χ2v) is 3.88. The van der Waals surface area contributed by atoms with E-state index in [4.69, 9.17) is 14.6 Å². The molecule has 6 heteroatoms. The molecular formula is C11H15NO5. The maximum absolute atomic E-state index is 10.7. The highest BCUT2D eigenvalue weighted by Gasteiger charge is 2.19. The van der Waals surface area contributed by atoms with E-state index in [2.05, 4.69) is 0 Å². The van der Waals surface area contributed by atoms with Crippen molar-refractivity contribution in [3.8, 4) is 0 Å². The molecule has 1 heterocycles. The van der Waals surface area contributed by atoms with Gasteiger partial charge in [-0.1, -0.05) is 6.92 Å². The molecule has 0 fully saturated rings. The Bertz CT molecular complexity index is 373. The van der Waals surface area contributed by atoms with E-state index in [1.807, 2.05) is 0 Å². The van der Waals surface area contributed by atoms with Crippen LogP contribution in [0.2, 0.25) is 0 Å². The molecule has 1 aromatic heterocycles. The number of rotatable bonds is 7. The first-order valence-electron chi connectivity index (χ1n) is 5.18. The quantitative estimate of drug-likeness (QED) is 0.736. The molecule has 0 aliphatic heterocycles. The van der Waals surface area contributed by atoms with Crippen LogP contribution in [0.25, 0.3) is 0 Å². The van der Waals surface area contributed by atoms with E-state index in [0.29, 0.717) is 5.76 Å². The molecule has 0 amide bonds. The van der Waals surface area contributed by atoms with Gasteiger partial charge < -0.3 is 14.6 Å². The van der Waals surface area contributed by atoms with Gasteiger partial charge in [0.15, 0.2) is 0 Å². The van der Waals surface area contributed by atoms with Crippen LogP contribution in [0.4, 0.5) is 0 Å². The normalized spacial score (nSPS) is 12.6. The molecule has 1 aromatic rings. The number of carboxylic acids is 2. The maximum Gasteiger partial charge on any atom is 0.317 e. The van der Waals surface area contributed by atoms with Gasteiger partial charge in [0, 0.05) is 6.54 Å². The van der Waals surface area contributed by atoms with Gasteiger partial charge in [-0.3, -0.25) is 14.5 Å². The predicted octanol–water partition coefficient (Wildman–Crippen LogP) is 0.887. The van der Waals surface area contributed by atoms with Crippen LogP contribution in [0, 0.1) is 5.92 Å². The Morgan fingerprint density at radius 2 is 2.18 bits per heavy atom. The van der Waals surface area contributed by atoms with Crippen LogP contribution in [0.1, 0.15) is 12.7 Å². The summed E-state index contributed by atoms with van der Waals surface area (Å²) in [7, 11) is 0. The summed E-state index contributed by atoms with van der Waals surface area (Å²) in [6.07, 6.45) is 1.49. The molecule has 0 spiro atoms. The van der Waals surface area contributed by atoms with E-state index in [1.54, 1.807) is 19.1 Å². The van der Waals surface area contributed by atoms with Gasteiger partial charge in [-0.05, 0) is 12.1 Å². The maximum atomic E-state index is 10.7. The van der Waals surface area contributed by atoms with Crippen LogP contribution in [0.5, 0.6) is 0 Å². The second kappa shape index (κ2) is 6.05. The number of carbonyl (C=O) groups is 2. The van der Waals surface area contributed by atoms with Gasteiger partial charge in [-0.2, -0.15) is 0 Å². The molecule has 1 rings (SSSR count). The Kier molecular flexibility index (Phi) is 4.71. The highest BCUT2D eigenvalue weighted by atomic mass is 16.4. The molecule has 6 nitrogen and oxygen atoms in total. The first-order valence-corrected chi connectivity index (χ1v) is 5.18. The largest absolute Gasteiger partial charge is 0.481 e. The highest BCUT2D eigenvalue weighted by Crippen LogP contribution is 2.08. The number of carboxylic acid groups (broad SMARTS) is 2. The molecule has 0 aromatic carbocycles. The van der Waals surface area contributed by atoms with Crippen molar-refractivity contribution in [2.24, 2.45) is 5.92 Å². The zero-order chi connectivity index (χ0) is 12.8. The standard InChI is InChI=1S/C11H15NO5/c1-8(11(15)16)5-12(7-10(13)14)6-9-3-2-4-17-9/h2-4,8H,5-7H2,1H3,(H,13,14)(H,15,16). The third kappa shape index (κ3) is 4.69. The zero-order valence-corrected chi connectivity index (χ0v) is 9.50. The van der Waals surface area contributed by atoms with Gasteiger partial charge in [-0.15, -0.1) is 0 Å². The van der Waals surface area contributed by atoms with Crippen molar-refractivity contribution in [1.82, 2.24) is 4.90 Å². The molecular weight excluding hydrogens is 226 g/mol. The van der Waals surface area contributed by atoms with Gasteiger partial charge in [-0.25, -0.2) is 0 Å². The van der Waals surface area contributed by atoms with Crippen LogP contribution in [0.15, 0.2) is 22.8 Å². The molecule has 0 saturated carbocycles. The fourth-order valence-electron chi connectivity index (χ4n) is 1.46. The van der Waals surface area contributed by atoms with E-state index in [0.717, 1.165) is 0 Å². The van der Waals surface area contributed by atoms with Crippen molar-refractivity contribution in [3.05, 3.63) is 24.2 Å². The van der Waals surface area contributed by atoms with E-state index in [1.165, 1.54) is 11.2 Å². The van der Waals surface area contributed by atoms with Crippen molar-refractivity contribution < 1.29 is 24.2 Å². The summed E-state index contributed by atoms with van der Waals surface area (Å²) in [5, 5.41) is 17.5. The third-order valence-corrected chi connectivity index (χ3v) is 2.27. The van der Waals surface area contributed by atoms with Gasteiger partial charge in [0.1, 0.15) is 5.76 Å². The average Bonchev–Trinajstić information content (AvgIpc) is 2.68. The summed E-state index contributed by atoms with van der Waals surface area (Å²) in [4.78, 5) is 22.9. The Morgan fingerprint density at radius 3 is 2.65 bits per heavy atom. The Morgan fingerprint density at radius 1 is 1.47 bits per heavy atom. The summed E-state index contributed by atoms with van der Waals surface area (Å²) in [5.74, 6) is -1.94. The topological polar surface area (TPSA) is 91.0 Å². The Labute approximate surface area is 98.5 Å². The molecule has 2 N–H and O–H groups in total. The third-order valence-electron chi connectivity index (χ3n) is 2.27. The lowest BCUT2D eigenvalue weighted by atomic mass is 10.1. The molecule has 94 valence electrons. The lowest BCUT2D eigenvalue weighted by molar-refractivity contribution is -0.144. The summed E-state index contributed by atoms with van der Waals surface area (Å²) in [6.45, 7) is 1.79. The number of hydrogen-bond donors (Lipinski definition) is 2. The summed E-state index contributed by atoms with van der Waals surface area (Å²) in [5.41, 5.74) is 0. The number of hydrogen-bond acceptors (Lipinski definition) is 4. The fraction of sp³-hybridized carbons (Fsp3) is 0.455. The first-order chi connectivity index (χ1) is 7.99. The summed E-state index contributed by atoms with van der Waals surface area (Å²) in [6, 6.07) is 3.43. The molecule has 1 atom stereocenters. The highest BCUT2D eigenvalue weighted by molar-refractivity contribution is 5.71. The van der Waals surface area contributed by atoms with E-state index < -0.39 is 17.9 Å². The van der Waals surface area contributed by atoms with Crippen molar-refractivity contribution in [2.45, 2.75) is 13.5 Å². The minimum Gasteiger partial charge on any atom is -0.481 e. The lowest BCUT2D eigenvalue weighted by Crippen LogP contribution is -2.35. The van der Waals surface area contributed by atoms with Crippen molar-refractivity contribution in [2.75, 3.05) is 13.1 Å². The van der Waals surface area contributed by atoms with Crippen LogP contribution in [-0.4, -0.2) is 40.1 Å². The van der Waals surface area contributed by atoms with Crippen molar-refractivity contribution in [3.63, 3.8) is 0 Å². The van der Waals surface area contributed by atoms with Crippen LogP contribution < -0.4 is 0 Å². The number of aliphatic carboxylic acids is 2. The van der Waals surface area contributed by atoms with E-state index >= 15 is 0 Å². The van der Waals surface area contributed by atoms with E-state index in [-0.39, 0.29) is 19.6 Å². The first kappa shape index (κ1) is 13.2.